The van der Waals surface area contributed by atoms with Gasteiger partial charge in [-0.3, -0.25) is 0 Å². The van der Waals surface area contributed by atoms with Gasteiger partial charge in [0.05, 0.1) is 6.04 Å². The van der Waals surface area contributed by atoms with Crippen molar-refractivity contribution in [2.75, 3.05) is 0 Å². The van der Waals surface area contributed by atoms with Gasteiger partial charge < -0.3 is 8.98 Å². The van der Waals surface area contributed by atoms with Crippen molar-refractivity contribution in [1.82, 2.24) is 19.5 Å². The minimum absolute atomic E-state index is 0.113. The fraction of sp³-hybridized carbons (Fsp3) is 0.0444. The van der Waals surface area contributed by atoms with Crippen LogP contribution in [0.3, 0.4) is 0 Å². The third kappa shape index (κ3) is 4.66. The van der Waals surface area contributed by atoms with Crippen molar-refractivity contribution in [2.24, 2.45) is 0 Å². The molecule has 236 valence electrons. The van der Waals surface area contributed by atoms with Crippen LogP contribution in [0.25, 0.3) is 90.2 Å². The van der Waals surface area contributed by atoms with E-state index in [-0.39, 0.29) is 6.04 Å². The van der Waals surface area contributed by atoms with Gasteiger partial charge in [-0.15, -0.1) is 0 Å². The monoisotopic (exact) mass is 642 g/mol. The summed E-state index contributed by atoms with van der Waals surface area (Å²) in [5.41, 5.74) is 9.20. The van der Waals surface area contributed by atoms with Crippen LogP contribution in [0.2, 0.25) is 0 Å². The Kier molecular flexibility index (Phi) is 6.56. The molecule has 0 saturated heterocycles. The summed E-state index contributed by atoms with van der Waals surface area (Å²) in [5.74, 6) is 1.88. The van der Waals surface area contributed by atoms with Crippen molar-refractivity contribution in [3.8, 4) is 45.3 Å². The summed E-state index contributed by atoms with van der Waals surface area (Å²) in [7, 11) is 0. The highest BCUT2D eigenvalue weighted by atomic mass is 16.3. The summed E-state index contributed by atoms with van der Waals surface area (Å²) >= 11 is 0. The molecule has 0 radical (unpaired) electrons. The zero-order valence-corrected chi connectivity index (χ0v) is 27.1. The molecule has 0 N–H and O–H groups in total. The molecule has 1 aliphatic carbocycles. The molecule has 10 rings (SSSR count). The number of para-hydroxylation sites is 2. The van der Waals surface area contributed by atoms with Crippen LogP contribution in [0.15, 0.2) is 156 Å². The Labute approximate surface area is 288 Å². The minimum atomic E-state index is 0.113. The average molecular weight is 643 g/mol. The van der Waals surface area contributed by atoms with Crippen molar-refractivity contribution >= 4 is 44.9 Å². The SMILES string of the molecule is C1=c2oc3cccc(-c4nc(-c5ccccc5)nc(-c5cccc(-c6ccccc6)c5)n4)c3c2=CCC1n1c2ccccc2c2ccccc21. The number of hydrogen-bond donors (Lipinski definition) is 0. The maximum absolute atomic E-state index is 6.63. The summed E-state index contributed by atoms with van der Waals surface area (Å²) < 4.78 is 9.08. The van der Waals surface area contributed by atoms with Crippen LogP contribution in [0.4, 0.5) is 0 Å². The smallest absolute Gasteiger partial charge is 0.164 e. The van der Waals surface area contributed by atoms with Crippen LogP contribution in [0.1, 0.15) is 12.5 Å². The second-order valence-electron chi connectivity index (χ2n) is 12.8. The lowest BCUT2D eigenvalue weighted by molar-refractivity contribution is 0.560. The molecule has 1 atom stereocenters. The zero-order valence-electron chi connectivity index (χ0n) is 27.1. The fourth-order valence-corrected chi connectivity index (χ4v) is 7.49. The van der Waals surface area contributed by atoms with Gasteiger partial charge in [-0.2, -0.15) is 0 Å². The van der Waals surface area contributed by atoms with E-state index in [2.05, 4.69) is 120 Å². The van der Waals surface area contributed by atoms with Gasteiger partial charge in [0.15, 0.2) is 17.5 Å². The van der Waals surface area contributed by atoms with Crippen molar-refractivity contribution in [3.05, 3.63) is 162 Å². The number of rotatable bonds is 5. The molecule has 50 heavy (non-hydrogen) atoms. The third-order valence-electron chi connectivity index (χ3n) is 9.77. The molecule has 0 spiro atoms. The molecule has 5 nitrogen and oxygen atoms in total. The standard InChI is InChI=1S/C45H30N4O/c1-3-13-29(14-4-1)31-17-11-18-32(27-31)44-46-43(30-15-5-2-6-16-30)47-45(48-44)37-21-12-24-40-42(37)36-26-25-33(28-41(36)50-40)49-38-22-9-7-19-34(38)35-20-8-10-23-39(35)49/h1-24,26-28,33H,25H2. The Balaban J connectivity index is 1.15. The summed E-state index contributed by atoms with van der Waals surface area (Å²) in [4.78, 5) is 15.3. The maximum atomic E-state index is 6.63. The first-order valence-electron chi connectivity index (χ1n) is 17.0. The van der Waals surface area contributed by atoms with Gasteiger partial charge in [0.2, 0.25) is 0 Å². The molecule has 0 saturated carbocycles. The van der Waals surface area contributed by atoms with Crippen molar-refractivity contribution in [1.29, 1.82) is 0 Å². The molecule has 0 aliphatic heterocycles. The van der Waals surface area contributed by atoms with Gasteiger partial charge in [-0.1, -0.05) is 133 Å². The first kappa shape index (κ1) is 28.4. The lowest BCUT2D eigenvalue weighted by Crippen LogP contribution is -2.27. The van der Waals surface area contributed by atoms with Gasteiger partial charge in [-0.25, -0.2) is 15.0 Å². The van der Waals surface area contributed by atoms with E-state index < -0.39 is 0 Å². The van der Waals surface area contributed by atoms with Gasteiger partial charge in [-0.05, 0) is 47.9 Å². The fourth-order valence-electron chi connectivity index (χ4n) is 7.49. The van der Waals surface area contributed by atoms with E-state index in [1.54, 1.807) is 0 Å². The van der Waals surface area contributed by atoms with Crippen LogP contribution in [0, 0.1) is 0 Å². The maximum Gasteiger partial charge on any atom is 0.164 e. The molecule has 0 bridgehead atoms. The molecule has 6 aromatic carbocycles. The molecule has 1 unspecified atom stereocenters. The summed E-state index contributed by atoms with van der Waals surface area (Å²) in [5, 5.41) is 4.64. The highest BCUT2D eigenvalue weighted by Gasteiger charge is 2.22. The van der Waals surface area contributed by atoms with Crippen molar-refractivity contribution in [2.45, 2.75) is 12.5 Å². The predicted molar refractivity (Wildman–Crippen MR) is 203 cm³/mol. The topological polar surface area (TPSA) is 56.7 Å². The lowest BCUT2D eigenvalue weighted by Gasteiger charge is -2.18. The number of furan rings is 1. The van der Waals surface area contributed by atoms with Crippen LogP contribution in [0.5, 0.6) is 0 Å². The van der Waals surface area contributed by atoms with Crippen LogP contribution >= 0.6 is 0 Å². The van der Waals surface area contributed by atoms with Crippen molar-refractivity contribution in [3.63, 3.8) is 0 Å². The Morgan fingerprint density at radius 3 is 1.84 bits per heavy atom. The summed E-state index contributed by atoms with van der Waals surface area (Å²) in [6, 6.07) is 52.5. The van der Waals surface area contributed by atoms with Crippen LogP contribution in [-0.4, -0.2) is 19.5 Å². The lowest BCUT2D eigenvalue weighted by atomic mass is 10.0. The normalized spacial score (nSPS) is 14.0. The molecule has 3 heterocycles. The highest BCUT2D eigenvalue weighted by molar-refractivity contribution is 6.08. The number of fused-ring (bicyclic) bond motifs is 6. The van der Waals surface area contributed by atoms with E-state index in [1.165, 1.54) is 21.8 Å². The molecule has 9 aromatic rings. The number of benzene rings is 6. The second kappa shape index (κ2) is 11.5. The van der Waals surface area contributed by atoms with E-state index in [0.29, 0.717) is 17.5 Å². The predicted octanol–water partition coefficient (Wildman–Crippen LogP) is 9.60. The Hall–Kier alpha value is -6.59. The minimum Gasteiger partial charge on any atom is -0.456 e. The molecule has 1 aliphatic rings. The Bertz CT molecular complexity index is 2800. The average Bonchev–Trinajstić information content (AvgIpc) is 3.74. The molecule has 5 heteroatoms. The molecular formula is C45H30N4O. The van der Waals surface area contributed by atoms with Gasteiger partial charge >= 0.3 is 0 Å². The Morgan fingerprint density at radius 1 is 0.520 bits per heavy atom. The zero-order chi connectivity index (χ0) is 33.0. The van der Waals surface area contributed by atoms with E-state index in [1.807, 2.05) is 48.5 Å². The summed E-state index contributed by atoms with van der Waals surface area (Å²) in [6.07, 6.45) is 5.44. The van der Waals surface area contributed by atoms with Gasteiger partial charge in [0, 0.05) is 49.1 Å². The number of aromatic nitrogens is 4. The number of hydrogen-bond acceptors (Lipinski definition) is 4. The van der Waals surface area contributed by atoms with E-state index >= 15 is 0 Å². The van der Waals surface area contributed by atoms with Gasteiger partial charge in [0.25, 0.3) is 0 Å². The largest absolute Gasteiger partial charge is 0.456 e. The summed E-state index contributed by atoms with van der Waals surface area (Å²) in [6.45, 7) is 0. The van der Waals surface area contributed by atoms with Crippen LogP contribution < -0.4 is 10.6 Å². The number of nitrogens with zero attached hydrogens (tertiary/aromatic N) is 4. The van der Waals surface area contributed by atoms with E-state index in [0.717, 1.165) is 55.8 Å². The van der Waals surface area contributed by atoms with Crippen LogP contribution in [-0.2, 0) is 0 Å². The molecular weight excluding hydrogens is 613 g/mol. The third-order valence-corrected chi connectivity index (χ3v) is 9.77. The Morgan fingerprint density at radius 2 is 1.10 bits per heavy atom. The van der Waals surface area contributed by atoms with Crippen molar-refractivity contribution < 1.29 is 4.42 Å². The first-order valence-corrected chi connectivity index (χ1v) is 17.0. The molecule has 0 amide bonds. The van der Waals surface area contributed by atoms with E-state index in [4.69, 9.17) is 19.4 Å². The molecule has 0 fully saturated rings. The van der Waals surface area contributed by atoms with Gasteiger partial charge in [0.1, 0.15) is 11.0 Å². The quantitative estimate of drug-likeness (QED) is 0.188. The van der Waals surface area contributed by atoms with E-state index in [9.17, 15) is 0 Å². The first-order chi connectivity index (χ1) is 24.8. The molecule has 3 aromatic heterocycles. The second-order valence-corrected chi connectivity index (χ2v) is 12.8. The highest BCUT2D eigenvalue weighted by Crippen LogP contribution is 2.35.